The fraction of sp³-hybridized carbons (Fsp3) is 0.0714. The zero-order valence-corrected chi connectivity index (χ0v) is 11.0. The van der Waals surface area contributed by atoms with Gasteiger partial charge in [-0.25, -0.2) is 4.39 Å². The van der Waals surface area contributed by atoms with E-state index < -0.39 is 0 Å². The highest BCUT2D eigenvalue weighted by atomic mass is 79.9. The van der Waals surface area contributed by atoms with Gasteiger partial charge in [-0.3, -0.25) is 0 Å². The quantitative estimate of drug-likeness (QED) is 0.927. The first-order chi connectivity index (χ1) is 8.69. The lowest BCUT2D eigenvalue weighted by molar-refractivity contribution is 0.626. The molecule has 0 spiro atoms. The number of nitrogens with one attached hydrogen (secondary N) is 1. The summed E-state index contributed by atoms with van der Waals surface area (Å²) in [5.74, 6) is -0.267. The van der Waals surface area contributed by atoms with E-state index in [1.807, 2.05) is 12.1 Å². The van der Waals surface area contributed by atoms with E-state index in [4.69, 9.17) is 5.26 Å². The zero-order valence-electron chi connectivity index (χ0n) is 9.45. The van der Waals surface area contributed by atoms with E-state index in [2.05, 4.69) is 27.3 Å². The Morgan fingerprint density at radius 1 is 1.22 bits per heavy atom. The van der Waals surface area contributed by atoms with E-state index in [9.17, 15) is 4.39 Å². The van der Waals surface area contributed by atoms with Crippen LogP contribution >= 0.6 is 15.9 Å². The van der Waals surface area contributed by atoms with Crippen molar-refractivity contribution in [2.24, 2.45) is 0 Å². The predicted octanol–water partition coefficient (Wildman–Crippen LogP) is 4.07. The average Bonchev–Trinajstić information content (AvgIpc) is 2.38. The Hall–Kier alpha value is -1.86. The molecule has 0 bridgehead atoms. The fourth-order valence-corrected chi connectivity index (χ4v) is 2.05. The molecule has 2 aromatic rings. The summed E-state index contributed by atoms with van der Waals surface area (Å²) < 4.78 is 13.7. The van der Waals surface area contributed by atoms with E-state index in [1.165, 1.54) is 12.1 Å². The molecule has 0 saturated carbocycles. The van der Waals surface area contributed by atoms with Crippen LogP contribution in [0.3, 0.4) is 0 Å². The molecule has 0 amide bonds. The van der Waals surface area contributed by atoms with Crippen LogP contribution in [0.4, 0.5) is 10.1 Å². The Kier molecular flexibility index (Phi) is 3.96. The number of anilines is 1. The zero-order chi connectivity index (χ0) is 13.0. The molecule has 0 aliphatic rings. The summed E-state index contributed by atoms with van der Waals surface area (Å²) in [7, 11) is 0. The summed E-state index contributed by atoms with van der Waals surface area (Å²) in [6.45, 7) is 0.565. The van der Waals surface area contributed by atoms with Crippen LogP contribution in [0.25, 0.3) is 0 Å². The lowest BCUT2D eigenvalue weighted by Gasteiger charge is -2.08. The van der Waals surface area contributed by atoms with E-state index >= 15 is 0 Å². The molecule has 2 aromatic carbocycles. The molecule has 0 fully saturated rings. The lowest BCUT2D eigenvalue weighted by Crippen LogP contribution is -2.00. The van der Waals surface area contributed by atoms with Crippen LogP contribution in [0, 0.1) is 17.1 Å². The Bertz CT molecular complexity index is 605. The van der Waals surface area contributed by atoms with Crippen LogP contribution in [0.15, 0.2) is 46.9 Å². The predicted molar refractivity (Wildman–Crippen MR) is 72.6 cm³/mol. The summed E-state index contributed by atoms with van der Waals surface area (Å²) in [5.41, 5.74) is 2.43. The van der Waals surface area contributed by atoms with Gasteiger partial charge < -0.3 is 5.32 Å². The van der Waals surface area contributed by atoms with E-state index in [0.29, 0.717) is 12.1 Å². The maximum absolute atomic E-state index is 12.9. The largest absolute Gasteiger partial charge is 0.381 e. The van der Waals surface area contributed by atoms with Crippen LogP contribution < -0.4 is 5.32 Å². The van der Waals surface area contributed by atoms with Gasteiger partial charge in [-0.1, -0.05) is 28.1 Å². The number of benzene rings is 2. The molecule has 0 unspecified atom stereocenters. The maximum atomic E-state index is 12.9. The van der Waals surface area contributed by atoms with Crippen molar-refractivity contribution in [1.29, 1.82) is 5.26 Å². The van der Waals surface area contributed by atoms with E-state index in [-0.39, 0.29) is 5.82 Å². The Balaban J connectivity index is 2.09. The number of nitriles is 1. The highest BCUT2D eigenvalue weighted by molar-refractivity contribution is 9.10. The monoisotopic (exact) mass is 304 g/mol. The van der Waals surface area contributed by atoms with Crippen molar-refractivity contribution in [2.75, 3.05) is 5.32 Å². The standard InChI is InChI=1S/C14H10BrFN2/c15-14-7-12(16)5-4-11(14)9-18-13-3-1-2-10(6-13)8-17/h1-7,18H,9H2. The third-order valence-corrected chi connectivity index (χ3v) is 3.23. The number of halogens is 2. The fourth-order valence-electron chi connectivity index (χ4n) is 1.56. The highest BCUT2D eigenvalue weighted by Gasteiger charge is 2.01. The second kappa shape index (κ2) is 5.65. The molecule has 1 N–H and O–H groups in total. The SMILES string of the molecule is N#Cc1cccc(NCc2ccc(F)cc2Br)c1. The normalized spacial score (nSPS) is 9.83. The van der Waals surface area contributed by atoms with Gasteiger partial charge in [0.1, 0.15) is 5.82 Å². The highest BCUT2D eigenvalue weighted by Crippen LogP contribution is 2.19. The van der Waals surface area contributed by atoms with Crippen molar-refractivity contribution >= 4 is 21.6 Å². The lowest BCUT2D eigenvalue weighted by atomic mass is 10.2. The first-order valence-electron chi connectivity index (χ1n) is 5.37. The van der Waals surface area contributed by atoms with Gasteiger partial charge in [0.05, 0.1) is 11.6 Å². The molecule has 90 valence electrons. The minimum absolute atomic E-state index is 0.267. The van der Waals surface area contributed by atoms with Crippen LogP contribution in [-0.2, 0) is 6.54 Å². The van der Waals surface area contributed by atoms with Crippen molar-refractivity contribution in [2.45, 2.75) is 6.54 Å². The molecule has 4 heteroatoms. The molecular formula is C14H10BrFN2. The van der Waals surface area contributed by atoms with Gasteiger partial charge in [-0.05, 0) is 35.9 Å². The van der Waals surface area contributed by atoms with Crippen LogP contribution in [0.1, 0.15) is 11.1 Å². The molecule has 0 aliphatic heterocycles. The number of hydrogen-bond acceptors (Lipinski definition) is 2. The summed E-state index contributed by atoms with van der Waals surface area (Å²) >= 11 is 3.32. The van der Waals surface area contributed by atoms with Crippen molar-refractivity contribution in [3.8, 4) is 6.07 Å². The molecule has 0 saturated heterocycles. The van der Waals surface area contributed by atoms with Crippen molar-refractivity contribution in [1.82, 2.24) is 0 Å². The van der Waals surface area contributed by atoms with Crippen molar-refractivity contribution in [3.63, 3.8) is 0 Å². The van der Waals surface area contributed by atoms with Gasteiger partial charge in [-0.15, -0.1) is 0 Å². The second-order valence-electron chi connectivity index (χ2n) is 3.78. The first-order valence-corrected chi connectivity index (χ1v) is 6.16. The van der Waals surface area contributed by atoms with Gasteiger partial charge in [0.15, 0.2) is 0 Å². The molecule has 0 radical (unpaired) electrons. The third-order valence-electron chi connectivity index (χ3n) is 2.49. The Morgan fingerprint density at radius 2 is 2.06 bits per heavy atom. The average molecular weight is 305 g/mol. The minimum Gasteiger partial charge on any atom is -0.381 e. The molecule has 2 rings (SSSR count). The second-order valence-corrected chi connectivity index (χ2v) is 4.64. The molecule has 18 heavy (non-hydrogen) atoms. The molecule has 0 aromatic heterocycles. The molecule has 2 nitrogen and oxygen atoms in total. The number of rotatable bonds is 3. The minimum atomic E-state index is -0.267. The van der Waals surface area contributed by atoms with Gasteiger partial charge in [0.25, 0.3) is 0 Å². The van der Waals surface area contributed by atoms with E-state index in [1.54, 1.807) is 18.2 Å². The summed E-state index contributed by atoms with van der Waals surface area (Å²) in [4.78, 5) is 0. The smallest absolute Gasteiger partial charge is 0.124 e. The summed E-state index contributed by atoms with van der Waals surface area (Å²) in [5, 5.41) is 12.0. The van der Waals surface area contributed by atoms with Gasteiger partial charge in [0, 0.05) is 16.7 Å². The first kappa shape index (κ1) is 12.6. The molecule has 0 heterocycles. The van der Waals surface area contributed by atoms with Gasteiger partial charge in [0.2, 0.25) is 0 Å². The molecule has 0 aliphatic carbocycles. The Morgan fingerprint density at radius 3 is 2.78 bits per heavy atom. The molecular weight excluding hydrogens is 295 g/mol. The third kappa shape index (κ3) is 3.08. The van der Waals surface area contributed by atoms with Crippen molar-refractivity contribution < 1.29 is 4.39 Å². The molecule has 0 atom stereocenters. The number of hydrogen-bond donors (Lipinski definition) is 1. The van der Waals surface area contributed by atoms with Crippen LogP contribution in [0.5, 0.6) is 0 Å². The topological polar surface area (TPSA) is 35.8 Å². The summed E-state index contributed by atoms with van der Waals surface area (Å²) in [6, 6.07) is 13.9. The van der Waals surface area contributed by atoms with E-state index in [0.717, 1.165) is 15.7 Å². The van der Waals surface area contributed by atoms with Crippen LogP contribution in [0.2, 0.25) is 0 Å². The summed E-state index contributed by atoms with van der Waals surface area (Å²) in [6.07, 6.45) is 0. The van der Waals surface area contributed by atoms with Crippen molar-refractivity contribution in [3.05, 3.63) is 63.9 Å². The Labute approximate surface area is 113 Å². The number of nitrogens with zero attached hydrogens (tertiary/aromatic N) is 1. The van der Waals surface area contributed by atoms with Gasteiger partial charge >= 0.3 is 0 Å². The van der Waals surface area contributed by atoms with Crippen LogP contribution in [-0.4, -0.2) is 0 Å². The maximum Gasteiger partial charge on any atom is 0.124 e. The van der Waals surface area contributed by atoms with Gasteiger partial charge in [-0.2, -0.15) is 5.26 Å².